The Balaban J connectivity index is 1.67. The van der Waals surface area contributed by atoms with Crippen LogP contribution in [0.1, 0.15) is 86.1 Å². The first kappa shape index (κ1) is 26.0. The third-order valence-corrected chi connectivity index (χ3v) is 8.01. The minimum Gasteiger partial charge on any atom is -0.480 e. The molecule has 0 unspecified atom stereocenters. The van der Waals surface area contributed by atoms with Gasteiger partial charge in [-0.1, -0.05) is 76.5 Å². The number of rotatable bonds is 7. The predicted molar refractivity (Wildman–Crippen MR) is 136 cm³/mol. The van der Waals surface area contributed by atoms with Crippen molar-refractivity contribution in [1.82, 2.24) is 5.32 Å². The van der Waals surface area contributed by atoms with Crippen LogP contribution in [-0.2, 0) is 14.1 Å². The van der Waals surface area contributed by atoms with Crippen LogP contribution in [-0.4, -0.2) is 41.5 Å². The van der Waals surface area contributed by atoms with Crippen LogP contribution in [0.4, 0.5) is 0 Å². The highest BCUT2D eigenvalue weighted by Gasteiger charge is 2.54. The van der Waals surface area contributed by atoms with Gasteiger partial charge in [-0.25, -0.2) is 0 Å². The predicted octanol–water partition coefficient (Wildman–Crippen LogP) is 5.04. The molecule has 0 bridgehead atoms. The van der Waals surface area contributed by atoms with Gasteiger partial charge in [0.2, 0.25) is 0 Å². The van der Waals surface area contributed by atoms with Crippen molar-refractivity contribution in [3.8, 4) is 0 Å². The molecular weight excluding hydrogens is 413 g/mol. The van der Waals surface area contributed by atoms with E-state index in [2.05, 4.69) is 33.0 Å². The number of nitrogens with one attached hydrogen (secondary N) is 1. The lowest BCUT2D eigenvalue weighted by atomic mass is 9.62. The molecular formula is C27H42BNO4. The normalized spacial score (nSPS) is 23.1. The molecule has 33 heavy (non-hydrogen) atoms. The average Bonchev–Trinajstić information content (AvgIpc) is 2.95. The number of hydrogen-bond donors (Lipinski definition) is 2. The van der Waals surface area contributed by atoms with Crippen molar-refractivity contribution >= 4 is 24.6 Å². The molecule has 0 amide bonds. The average molecular weight is 455 g/mol. The molecule has 0 radical (unpaired) electrons. The summed E-state index contributed by atoms with van der Waals surface area (Å²) in [5, 5.41) is 13.8. The zero-order chi connectivity index (χ0) is 24.5. The second-order valence-electron chi connectivity index (χ2n) is 11.7. The number of benzene rings is 1. The summed E-state index contributed by atoms with van der Waals surface area (Å²) in [6.45, 7) is 14.9. The molecule has 6 heteroatoms. The van der Waals surface area contributed by atoms with E-state index < -0.39 is 11.5 Å². The van der Waals surface area contributed by atoms with Crippen molar-refractivity contribution in [3.63, 3.8) is 0 Å². The van der Waals surface area contributed by atoms with Crippen molar-refractivity contribution in [3.05, 3.63) is 35.9 Å². The molecule has 0 aromatic heterocycles. The van der Waals surface area contributed by atoms with Gasteiger partial charge in [-0.05, 0) is 62.9 Å². The maximum atomic E-state index is 12.6. The van der Waals surface area contributed by atoms with Gasteiger partial charge in [0, 0.05) is 6.54 Å². The summed E-state index contributed by atoms with van der Waals surface area (Å²) < 4.78 is 12.3. The van der Waals surface area contributed by atoms with Crippen LogP contribution in [0.15, 0.2) is 30.3 Å². The highest BCUT2D eigenvalue weighted by molar-refractivity contribution is 6.62. The van der Waals surface area contributed by atoms with Crippen molar-refractivity contribution in [1.29, 1.82) is 0 Å². The molecule has 2 N–H and O–H groups in total. The fourth-order valence-corrected chi connectivity index (χ4v) is 5.29. The summed E-state index contributed by atoms with van der Waals surface area (Å²) in [5.74, 6) is -0.585. The van der Waals surface area contributed by atoms with Crippen LogP contribution in [0.3, 0.4) is 0 Å². The molecule has 2 aliphatic rings. The minimum absolute atomic E-state index is 0.149. The molecule has 1 saturated heterocycles. The largest absolute Gasteiger partial charge is 0.494 e. The Morgan fingerprint density at radius 1 is 1.06 bits per heavy atom. The standard InChI is InChI=1S/C27H42BNO4/c1-24(2,3)27(23(30)31,21-13-9-8-10-14-21)29-19-11-12-20-15-17-22(18-16-20)28-32-25(4,5)26(6,7)33-28/h11-12,15-18,21,29H,8-10,13-14,19H2,1-7H3,(H,30,31)/t27-/m1/s1. The van der Waals surface area contributed by atoms with Gasteiger partial charge in [-0.3, -0.25) is 10.1 Å². The topological polar surface area (TPSA) is 67.8 Å². The Hall–Kier alpha value is -1.63. The van der Waals surface area contributed by atoms with E-state index in [-0.39, 0.29) is 29.7 Å². The van der Waals surface area contributed by atoms with E-state index in [0.29, 0.717) is 6.54 Å². The second-order valence-corrected chi connectivity index (χ2v) is 11.7. The summed E-state index contributed by atoms with van der Waals surface area (Å²) >= 11 is 0. The van der Waals surface area contributed by atoms with E-state index in [1.54, 1.807) is 0 Å². The van der Waals surface area contributed by atoms with Crippen LogP contribution in [0.2, 0.25) is 0 Å². The Kier molecular flexibility index (Phi) is 7.52. The van der Waals surface area contributed by atoms with Crippen molar-refractivity contribution in [2.75, 3.05) is 6.54 Å². The van der Waals surface area contributed by atoms with Crippen LogP contribution < -0.4 is 10.8 Å². The molecule has 1 heterocycles. The van der Waals surface area contributed by atoms with E-state index >= 15 is 0 Å². The molecule has 3 rings (SSSR count). The summed E-state index contributed by atoms with van der Waals surface area (Å²) in [7, 11) is -0.367. The Morgan fingerprint density at radius 3 is 2.09 bits per heavy atom. The molecule has 1 aliphatic carbocycles. The first-order chi connectivity index (χ1) is 15.3. The van der Waals surface area contributed by atoms with Crippen LogP contribution >= 0.6 is 0 Å². The van der Waals surface area contributed by atoms with Crippen molar-refractivity contribution in [2.24, 2.45) is 11.3 Å². The van der Waals surface area contributed by atoms with Crippen LogP contribution in [0.25, 0.3) is 6.08 Å². The SMILES string of the molecule is CC1(C)OB(c2ccc(C=CCN[C@@](C(=O)O)(C3CCCCC3)C(C)(C)C)cc2)OC1(C)C. The fourth-order valence-electron chi connectivity index (χ4n) is 5.29. The Morgan fingerprint density at radius 2 is 1.61 bits per heavy atom. The van der Waals surface area contributed by atoms with Gasteiger partial charge in [0.05, 0.1) is 11.2 Å². The van der Waals surface area contributed by atoms with E-state index in [4.69, 9.17) is 9.31 Å². The highest BCUT2D eigenvalue weighted by atomic mass is 16.7. The first-order valence-electron chi connectivity index (χ1n) is 12.4. The zero-order valence-corrected chi connectivity index (χ0v) is 21.5. The van der Waals surface area contributed by atoms with E-state index in [1.165, 1.54) is 6.42 Å². The van der Waals surface area contributed by atoms with Gasteiger partial charge in [0.25, 0.3) is 0 Å². The van der Waals surface area contributed by atoms with Gasteiger partial charge >= 0.3 is 13.1 Å². The number of carbonyl (C=O) groups is 1. The maximum absolute atomic E-state index is 12.6. The van der Waals surface area contributed by atoms with Crippen LogP contribution in [0, 0.1) is 11.3 Å². The smallest absolute Gasteiger partial charge is 0.480 e. The van der Waals surface area contributed by atoms with E-state index in [1.807, 2.05) is 57.2 Å². The summed E-state index contributed by atoms with van der Waals surface area (Å²) in [6, 6.07) is 8.17. The summed E-state index contributed by atoms with van der Waals surface area (Å²) in [4.78, 5) is 12.6. The third-order valence-electron chi connectivity index (χ3n) is 8.01. The zero-order valence-electron chi connectivity index (χ0n) is 21.5. The lowest BCUT2D eigenvalue weighted by molar-refractivity contribution is -0.155. The highest BCUT2D eigenvalue weighted by Crippen LogP contribution is 2.43. The monoisotopic (exact) mass is 455 g/mol. The number of carboxylic acid groups (broad SMARTS) is 1. The number of carboxylic acids is 1. The van der Waals surface area contributed by atoms with Crippen molar-refractivity contribution < 1.29 is 19.2 Å². The Labute approximate surface area is 200 Å². The van der Waals surface area contributed by atoms with E-state index in [9.17, 15) is 9.90 Å². The Bertz CT molecular complexity index is 834. The molecule has 182 valence electrons. The molecule has 1 saturated carbocycles. The molecule has 1 atom stereocenters. The number of aliphatic carboxylic acids is 1. The third kappa shape index (κ3) is 5.23. The van der Waals surface area contributed by atoms with Crippen molar-refractivity contribution in [2.45, 2.75) is 97.3 Å². The molecule has 1 aliphatic heterocycles. The van der Waals surface area contributed by atoms with E-state index in [0.717, 1.165) is 36.7 Å². The van der Waals surface area contributed by atoms with Gasteiger partial charge in [-0.15, -0.1) is 0 Å². The lowest BCUT2D eigenvalue weighted by Gasteiger charge is -2.48. The molecule has 1 aromatic carbocycles. The molecule has 1 aromatic rings. The summed E-state index contributed by atoms with van der Waals surface area (Å²) in [5.41, 5.74) is 0.0241. The minimum atomic E-state index is -0.932. The fraction of sp³-hybridized carbons (Fsp3) is 0.667. The first-order valence-corrected chi connectivity index (χ1v) is 12.4. The van der Waals surface area contributed by atoms with Gasteiger partial charge in [-0.2, -0.15) is 0 Å². The maximum Gasteiger partial charge on any atom is 0.494 e. The molecule has 2 fully saturated rings. The van der Waals surface area contributed by atoms with Crippen LogP contribution in [0.5, 0.6) is 0 Å². The number of hydrogen-bond acceptors (Lipinski definition) is 4. The van der Waals surface area contributed by atoms with Gasteiger partial charge < -0.3 is 14.4 Å². The second kappa shape index (κ2) is 9.55. The van der Waals surface area contributed by atoms with Gasteiger partial charge in [0.15, 0.2) is 0 Å². The summed E-state index contributed by atoms with van der Waals surface area (Å²) in [6.07, 6.45) is 9.44. The van der Waals surface area contributed by atoms with Gasteiger partial charge in [0.1, 0.15) is 5.54 Å². The quantitative estimate of drug-likeness (QED) is 0.564. The molecule has 5 nitrogen and oxygen atoms in total. The molecule has 0 spiro atoms. The lowest BCUT2D eigenvalue weighted by Crippen LogP contribution is -2.65.